The fourth-order valence-electron chi connectivity index (χ4n) is 2.87. The van der Waals surface area contributed by atoms with E-state index in [2.05, 4.69) is 22.7 Å². The Labute approximate surface area is 146 Å². The summed E-state index contributed by atoms with van der Waals surface area (Å²) >= 11 is 0. The third-order valence-electron chi connectivity index (χ3n) is 4.23. The number of carbonyl (C=O) groups excluding carboxylic acids is 1. The standard InChI is InChI=1S/C20H19N3O2/c1-14(16-10-9-15-6-4-7-17(15)11-16)22-23-20(24)13-25-19-8-3-2-5-18(19)12-21/h2-3,5,8-11H,4,6-7,13H2,1H3,(H,23,24)/b22-14-. The lowest BCUT2D eigenvalue weighted by Crippen LogP contribution is -2.25. The second-order valence-electron chi connectivity index (χ2n) is 5.97. The number of aryl methyl sites for hydroxylation is 2. The maximum absolute atomic E-state index is 11.9. The Morgan fingerprint density at radius 3 is 2.88 bits per heavy atom. The van der Waals surface area contributed by atoms with E-state index in [0.29, 0.717) is 11.3 Å². The molecule has 3 rings (SSSR count). The van der Waals surface area contributed by atoms with Crippen LogP contribution in [-0.4, -0.2) is 18.2 Å². The first-order valence-corrected chi connectivity index (χ1v) is 8.24. The fraction of sp³-hybridized carbons (Fsp3) is 0.250. The number of nitrogens with one attached hydrogen (secondary N) is 1. The van der Waals surface area contributed by atoms with Crippen LogP contribution in [0.5, 0.6) is 5.75 Å². The van der Waals surface area contributed by atoms with E-state index in [9.17, 15) is 4.79 Å². The van der Waals surface area contributed by atoms with Gasteiger partial charge >= 0.3 is 0 Å². The van der Waals surface area contributed by atoms with E-state index in [4.69, 9.17) is 10.00 Å². The van der Waals surface area contributed by atoms with E-state index in [-0.39, 0.29) is 12.5 Å². The number of hydrogen-bond acceptors (Lipinski definition) is 4. The van der Waals surface area contributed by atoms with Gasteiger partial charge in [0, 0.05) is 0 Å². The fourth-order valence-corrected chi connectivity index (χ4v) is 2.87. The molecule has 0 radical (unpaired) electrons. The van der Waals surface area contributed by atoms with Crippen molar-refractivity contribution in [1.82, 2.24) is 5.43 Å². The molecule has 0 saturated carbocycles. The summed E-state index contributed by atoms with van der Waals surface area (Å²) < 4.78 is 5.38. The number of hydrogen-bond donors (Lipinski definition) is 1. The third kappa shape index (κ3) is 4.04. The molecule has 1 N–H and O–H groups in total. The van der Waals surface area contributed by atoms with Crippen molar-refractivity contribution in [1.29, 1.82) is 5.26 Å². The average molecular weight is 333 g/mol. The monoisotopic (exact) mass is 333 g/mol. The molecule has 0 unspecified atom stereocenters. The molecule has 126 valence electrons. The number of fused-ring (bicyclic) bond motifs is 1. The number of rotatable bonds is 5. The molecule has 2 aromatic carbocycles. The SMILES string of the molecule is C/C(=N/NC(=O)COc1ccccc1C#N)c1ccc2c(c1)CCC2. The van der Waals surface area contributed by atoms with Gasteiger partial charge in [0.25, 0.3) is 5.91 Å². The molecule has 5 heteroatoms. The van der Waals surface area contributed by atoms with Crippen LogP contribution in [0.3, 0.4) is 0 Å². The molecule has 0 heterocycles. The van der Waals surface area contributed by atoms with Crippen LogP contribution in [0.2, 0.25) is 0 Å². The molecule has 5 nitrogen and oxygen atoms in total. The molecule has 0 atom stereocenters. The molecule has 0 bridgehead atoms. The molecule has 1 amide bonds. The van der Waals surface area contributed by atoms with Crippen molar-refractivity contribution in [2.75, 3.05) is 6.61 Å². The predicted molar refractivity (Wildman–Crippen MR) is 95.5 cm³/mol. The number of carbonyl (C=O) groups is 1. The minimum Gasteiger partial charge on any atom is -0.482 e. The van der Waals surface area contributed by atoms with Crippen molar-refractivity contribution in [3.63, 3.8) is 0 Å². The van der Waals surface area contributed by atoms with Crippen LogP contribution in [0.1, 0.15) is 35.6 Å². The first-order chi connectivity index (χ1) is 12.2. The Morgan fingerprint density at radius 1 is 1.24 bits per heavy atom. The Morgan fingerprint density at radius 2 is 2.04 bits per heavy atom. The summed E-state index contributed by atoms with van der Waals surface area (Å²) in [6.07, 6.45) is 3.45. The first-order valence-electron chi connectivity index (χ1n) is 8.24. The molecule has 0 aliphatic heterocycles. The van der Waals surface area contributed by atoms with Crippen LogP contribution in [-0.2, 0) is 17.6 Å². The van der Waals surface area contributed by atoms with Crippen LogP contribution >= 0.6 is 0 Å². The summed E-state index contributed by atoms with van der Waals surface area (Å²) in [5, 5.41) is 13.1. The van der Waals surface area contributed by atoms with E-state index in [1.807, 2.05) is 19.1 Å². The van der Waals surface area contributed by atoms with E-state index in [1.54, 1.807) is 24.3 Å². The number of nitrogens with zero attached hydrogens (tertiary/aromatic N) is 2. The number of para-hydroxylation sites is 1. The largest absolute Gasteiger partial charge is 0.482 e. The third-order valence-corrected chi connectivity index (χ3v) is 4.23. The molecular weight excluding hydrogens is 314 g/mol. The predicted octanol–water partition coefficient (Wildman–Crippen LogP) is 2.97. The lowest BCUT2D eigenvalue weighted by molar-refractivity contribution is -0.123. The van der Waals surface area contributed by atoms with Gasteiger partial charge in [0.05, 0.1) is 11.3 Å². The first kappa shape index (κ1) is 16.7. The number of benzene rings is 2. The van der Waals surface area contributed by atoms with E-state index >= 15 is 0 Å². The highest BCUT2D eigenvalue weighted by molar-refractivity contribution is 5.99. The molecule has 1 aliphatic carbocycles. The highest BCUT2D eigenvalue weighted by Crippen LogP contribution is 2.23. The van der Waals surface area contributed by atoms with E-state index in [0.717, 1.165) is 24.1 Å². The van der Waals surface area contributed by atoms with Crippen molar-refractivity contribution >= 4 is 11.6 Å². The van der Waals surface area contributed by atoms with Crippen LogP contribution in [0, 0.1) is 11.3 Å². The van der Waals surface area contributed by atoms with Crippen molar-refractivity contribution < 1.29 is 9.53 Å². The summed E-state index contributed by atoms with van der Waals surface area (Å²) in [7, 11) is 0. The molecule has 0 aromatic heterocycles. The van der Waals surface area contributed by atoms with Gasteiger partial charge in [-0.05, 0) is 61.1 Å². The molecule has 25 heavy (non-hydrogen) atoms. The lowest BCUT2D eigenvalue weighted by Gasteiger charge is -2.07. The Hall–Kier alpha value is -3.13. The highest BCUT2D eigenvalue weighted by Gasteiger charge is 2.12. The minimum absolute atomic E-state index is 0.195. The smallest absolute Gasteiger partial charge is 0.277 e. The van der Waals surface area contributed by atoms with Gasteiger partial charge in [-0.2, -0.15) is 10.4 Å². The van der Waals surface area contributed by atoms with Gasteiger partial charge in [-0.15, -0.1) is 0 Å². The summed E-state index contributed by atoms with van der Waals surface area (Å²) in [6, 6.07) is 15.1. The van der Waals surface area contributed by atoms with Crippen LogP contribution in [0.4, 0.5) is 0 Å². The second kappa shape index (κ2) is 7.63. The minimum atomic E-state index is -0.367. The van der Waals surface area contributed by atoms with Crippen molar-refractivity contribution in [3.05, 3.63) is 64.7 Å². The van der Waals surface area contributed by atoms with Gasteiger partial charge in [-0.1, -0.05) is 24.3 Å². The Kier molecular flexibility index (Phi) is 5.10. The quantitative estimate of drug-likeness (QED) is 0.675. The molecule has 0 saturated heterocycles. The Bertz CT molecular complexity index is 865. The van der Waals surface area contributed by atoms with Gasteiger partial charge in [-0.3, -0.25) is 4.79 Å². The summed E-state index contributed by atoms with van der Waals surface area (Å²) in [6.45, 7) is 1.67. The zero-order valence-electron chi connectivity index (χ0n) is 14.1. The zero-order valence-corrected chi connectivity index (χ0v) is 14.1. The molecular formula is C20H19N3O2. The normalized spacial score (nSPS) is 13.0. The number of hydrazone groups is 1. The van der Waals surface area contributed by atoms with Gasteiger partial charge in [-0.25, -0.2) is 5.43 Å². The highest BCUT2D eigenvalue weighted by atomic mass is 16.5. The van der Waals surface area contributed by atoms with Crippen molar-refractivity contribution in [3.8, 4) is 11.8 Å². The average Bonchev–Trinajstić information content (AvgIpc) is 3.12. The second-order valence-corrected chi connectivity index (χ2v) is 5.97. The molecule has 1 aliphatic rings. The van der Waals surface area contributed by atoms with Crippen LogP contribution in [0.15, 0.2) is 47.6 Å². The lowest BCUT2D eigenvalue weighted by atomic mass is 10.0. The topological polar surface area (TPSA) is 74.5 Å². The number of amides is 1. The molecule has 2 aromatic rings. The van der Waals surface area contributed by atoms with Gasteiger partial charge in [0.1, 0.15) is 11.8 Å². The van der Waals surface area contributed by atoms with Crippen LogP contribution < -0.4 is 10.2 Å². The maximum Gasteiger partial charge on any atom is 0.277 e. The van der Waals surface area contributed by atoms with E-state index < -0.39 is 0 Å². The Balaban J connectivity index is 1.58. The maximum atomic E-state index is 11.9. The zero-order chi connectivity index (χ0) is 17.6. The van der Waals surface area contributed by atoms with Crippen molar-refractivity contribution in [2.45, 2.75) is 26.2 Å². The number of ether oxygens (including phenoxy) is 1. The van der Waals surface area contributed by atoms with E-state index in [1.165, 1.54) is 17.5 Å². The summed E-state index contributed by atoms with van der Waals surface area (Å²) in [5.41, 5.74) is 7.43. The number of nitriles is 1. The summed E-state index contributed by atoms with van der Waals surface area (Å²) in [4.78, 5) is 11.9. The van der Waals surface area contributed by atoms with Gasteiger partial charge in [0.15, 0.2) is 6.61 Å². The summed E-state index contributed by atoms with van der Waals surface area (Å²) in [5.74, 6) is 0.0210. The van der Waals surface area contributed by atoms with Gasteiger partial charge < -0.3 is 4.74 Å². The molecule has 0 spiro atoms. The van der Waals surface area contributed by atoms with Crippen LogP contribution in [0.25, 0.3) is 0 Å². The molecule has 0 fully saturated rings. The van der Waals surface area contributed by atoms with Crippen molar-refractivity contribution in [2.24, 2.45) is 5.10 Å². The van der Waals surface area contributed by atoms with Gasteiger partial charge in [0.2, 0.25) is 0 Å².